The van der Waals surface area contributed by atoms with Gasteiger partial charge in [0.2, 0.25) is 0 Å². The first-order valence-corrected chi connectivity index (χ1v) is 21.4. The maximum Gasteiger partial charge on any atom is 0.530 e. The Morgan fingerprint density at radius 3 is 1.68 bits per heavy atom. The standard InChI is InChI=1S/C48H50O6P2/c1-30-21-33(4)43-29-55(52-45-34(5)22-31(2)25-40(45)39(43)24-30)53-47-42(27-38(49-10)28-44(47)48(7,8)9)41-26-32(3)23-35(6)46(41)54-56(50-36-17-13-11-14-18-36)51-37-19-15-12-16-20-37/h11-28H,29H2,1-10H3. The zero-order valence-electron chi connectivity index (χ0n) is 33.9. The maximum atomic E-state index is 7.37. The molecule has 8 heteroatoms. The lowest BCUT2D eigenvalue weighted by molar-refractivity contribution is 0.387. The molecule has 0 amide bonds. The van der Waals surface area contributed by atoms with Crippen LogP contribution in [-0.4, -0.2) is 7.11 Å². The van der Waals surface area contributed by atoms with Gasteiger partial charge in [-0.05, 0) is 134 Å². The molecule has 0 aliphatic carbocycles. The van der Waals surface area contributed by atoms with Crippen molar-refractivity contribution in [2.45, 2.75) is 73.9 Å². The molecular weight excluding hydrogens is 734 g/mol. The Morgan fingerprint density at radius 2 is 1.09 bits per heavy atom. The first kappa shape index (κ1) is 39.2. The number of benzene rings is 6. The minimum atomic E-state index is -1.96. The molecule has 1 heterocycles. The Bertz CT molecular complexity index is 2270. The molecular formula is C48H50O6P2. The van der Waals surface area contributed by atoms with Crippen LogP contribution in [-0.2, 0) is 11.6 Å². The molecule has 1 atom stereocenters. The van der Waals surface area contributed by atoms with Gasteiger partial charge < -0.3 is 27.4 Å². The fraction of sp³-hybridized carbons (Fsp3) is 0.250. The summed E-state index contributed by atoms with van der Waals surface area (Å²) >= 11 is 0. The van der Waals surface area contributed by atoms with E-state index in [0.717, 1.165) is 50.4 Å². The molecule has 0 N–H and O–H groups in total. The summed E-state index contributed by atoms with van der Waals surface area (Å²) in [5, 5.41) is 0. The lowest BCUT2D eigenvalue weighted by Crippen LogP contribution is -2.15. The highest BCUT2D eigenvalue weighted by atomic mass is 31.2. The van der Waals surface area contributed by atoms with Crippen LogP contribution in [0.5, 0.6) is 34.5 Å². The summed E-state index contributed by atoms with van der Waals surface area (Å²) in [6, 6.07) is 36.6. The third-order valence-electron chi connectivity index (χ3n) is 9.83. The fourth-order valence-corrected chi connectivity index (χ4v) is 10.0. The van der Waals surface area contributed by atoms with E-state index in [2.05, 4.69) is 105 Å². The minimum Gasteiger partial charge on any atom is -0.497 e. The van der Waals surface area contributed by atoms with E-state index in [1.807, 2.05) is 66.7 Å². The van der Waals surface area contributed by atoms with E-state index in [0.29, 0.717) is 29.2 Å². The molecule has 6 nitrogen and oxygen atoms in total. The van der Waals surface area contributed by atoms with Crippen LogP contribution >= 0.6 is 17.0 Å². The van der Waals surface area contributed by atoms with Gasteiger partial charge in [0.1, 0.15) is 34.5 Å². The van der Waals surface area contributed by atoms with Crippen molar-refractivity contribution >= 4 is 17.0 Å². The molecule has 56 heavy (non-hydrogen) atoms. The van der Waals surface area contributed by atoms with Crippen molar-refractivity contribution < 1.29 is 27.4 Å². The molecule has 0 radical (unpaired) electrons. The number of hydrogen-bond donors (Lipinski definition) is 0. The highest BCUT2D eigenvalue weighted by molar-refractivity contribution is 7.47. The Kier molecular flexibility index (Phi) is 11.4. The van der Waals surface area contributed by atoms with Gasteiger partial charge in [0.25, 0.3) is 8.38 Å². The lowest BCUT2D eigenvalue weighted by atomic mass is 9.83. The zero-order chi connectivity index (χ0) is 39.7. The average molecular weight is 785 g/mol. The van der Waals surface area contributed by atoms with Crippen molar-refractivity contribution in [3.8, 4) is 56.8 Å². The van der Waals surface area contributed by atoms with Crippen LogP contribution in [0.4, 0.5) is 0 Å². The van der Waals surface area contributed by atoms with Gasteiger partial charge in [-0.25, -0.2) is 0 Å². The average Bonchev–Trinajstić information content (AvgIpc) is 3.30. The molecule has 0 spiro atoms. The first-order valence-electron chi connectivity index (χ1n) is 18.9. The number of hydrogen-bond acceptors (Lipinski definition) is 6. The van der Waals surface area contributed by atoms with Gasteiger partial charge in [-0.1, -0.05) is 87.0 Å². The molecule has 0 saturated heterocycles. The van der Waals surface area contributed by atoms with E-state index in [1.165, 1.54) is 27.8 Å². The second kappa shape index (κ2) is 16.2. The summed E-state index contributed by atoms with van der Waals surface area (Å²) in [6.45, 7) is 19.4. The smallest absolute Gasteiger partial charge is 0.497 e. The number of fused-ring (bicyclic) bond motifs is 3. The molecule has 0 aromatic heterocycles. The summed E-state index contributed by atoms with van der Waals surface area (Å²) in [6.07, 6.45) is 0.621. The van der Waals surface area contributed by atoms with E-state index in [4.69, 9.17) is 27.4 Å². The van der Waals surface area contributed by atoms with Gasteiger partial charge in [-0.3, -0.25) is 0 Å². The molecule has 0 bridgehead atoms. The van der Waals surface area contributed by atoms with Crippen molar-refractivity contribution in [1.82, 2.24) is 0 Å². The summed E-state index contributed by atoms with van der Waals surface area (Å²) < 4.78 is 40.2. The summed E-state index contributed by atoms with van der Waals surface area (Å²) in [4.78, 5) is 0. The largest absolute Gasteiger partial charge is 0.530 e. The molecule has 1 aliphatic heterocycles. The van der Waals surface area contributed by atoms with Crippen LogP contribution in [0, 0.1) is 41.5 Å². The summed E-state index contributed by atoms with van der Waals surface area (Å²) in [7, 11) is -1.77. The van der Waals surface area contributed by atoms with E-state index >= 15 is 0 Å². The molecule has 1 unspecified atom stereocenters. The number of methoxy groups -OCH3 is 1. The van der Waals surface area contributed by atoms with Gasteiger partial charge in [0, 0.05) is 22.3 Å². The van der Waals surface area contributed by atoms with Crippen molar-refractivity contribution in [2.24, 2.45) is 0 Å². The predicted molar refractivity (Wildman–Crippen MR) is 231 cm³/mol. The van der Waals surface area contributed by atoms with Crippen LogP contribution in [0.2, 0.25) is 0 Å². The van der Waals surface area contributed by atoms with Crippen molar-refractivity contribution in [1.29, 1.82) is 0 Å². The van der Waals surface area contributed by atoms with E-state index in [-0.39, 0.29) is 5.41 Å². The number of ether oxygens (including phenoxy) is 1. The van der Waals surface area contributed by atoms with Crippen LogP contribution < -0.4 is 27.4 Å². The normalized spacial score (nSPS) is 13.6. The Morgan fingerprint density at radius 1 is 0.554 bits per heavy atom. The van der Waals surface area contributed by atoms with Gasteiger partial charge >= 0.3 is 8.60 Å². The Labute approximate surface area is 334 Å². The molecule has 0 saturated carbocycles. The van der Waals surface area contributed by atoms with Crippen molar-refractivity contribution in [2.75, 3.05) is 7.11 Å². The zero-order valence-corrected chi connectivity index (χ0v) is 35.7. The van der Waals surface area contributed by atoms with Gasteiger partial charge in [0.05, 0.1) is 13.3 Å². The third-order valence-corrected chi connectivity index (χ3v) is 12.2. The maximum absolute atomic E-state index is 7.37. The molecule has 0 fully saturated rings. The van der Waals surface area contributed by atoms with Crippen LogP contribution in [0.15, 0.2) is 109 Å². The van der Waals surface area contributed by atoms with Crippen molar-refractivity contribution in [3.05, 3.63) is 154 Å². The Hall–Kier alpha value is -5.02. The second-order valence-corrected chi connectivity index (χ2v) is 18.0. The summed E-state index contributed by atoms with van der Waals surface area (Å²) in [5.41, 5.74) is 12.7. The van der Waals surface area contributed by atoms with Crippen molar-refractivity contribution in [3.63, 3.8) is 0 Å². The van der Waals surface area contributed by atoms with Crippen LogP contribution in [0.1, 0.15) is 65.3 Å². The predicted octanol–water partition coefficient (Wildman–Crippen LogP) is 14.2. The molecule has 288 valence electrons. The minimum absolute atomic E-state index is 0.324. The first-order chi connectivity index (χ1) is 26.8. The topological polar surface area (TPSA) is 55.4 Å². The number of rotatable bonds is 10. The second-order valence-electron chi connectivity index (χ2n) is 15.6. The van der Waals surface area contributed by atoms with Crippen LogP contribution in [0.25, 0.3) is 22.3 Å². The quantitative estimate of drug-likeness (QED) is 0.129. The van der Waals surface area contributed by atoms with Gasteiger partial charge in [0.15, 0.2) is 0 Å². The molecule has 1 aliphatic rings. The summed E-state index contributed by atoms with van der Waals surface area (Å²) in [5.74, 6) is 4.24. The SMILES string of the molecule is COc1cc(-c2cc(C)cc(C)c2OP(Oc2ccccc2)Oc2ccccc2)c(OP2Cc3c(C)cc(C)cc3-c3cc(C)cc(C)c3O2)c(C(C)(C)C)c1. The van der Waals surface area contributed by atoms with Crippen LogP contribution in [0.3, 0.4) is 0 Å². The highest BCUT2D eigenvalue weighted by Gasteiger charge is 2.33. The van der Waals surface area contributed by atoms with E-state index in [9.17, 15) is 0 Å². The number of aryl methyl sites for hydroxylation is 6. The Balaban J connectivity index is 1.39. The van der Waals surface area contributed by atoms with Gasteiger partial charge in [-0.15, -0.1) is 0 Å². The van der Waals surface area contributed by atoms with E-state index in [1.54, 1.807) is 7.11 Å². The highest BCUT2D eigenvalue weighted by Crippen LogP contribution is 2.57. The molecule has 6 aromatic carbocycles. The third kappa shape index (κ3) is 8.53. The van der Waals surface area contributed by atoms with Gasteiger partial charge in [-0.2, -0.15) is 0 Å². The fourth-order valence-electron chi connectivity index (χ4n) is 7.26. The molecule has 6 aromatic rings. The number of para-hydroxylation sites is 2. The monoisotopic (exact) mass is 784 g/mol. The molecule has 7 rings (SSSR count). The van der Waals surface area contributed by atoms with E-state index < -0.39 is 17.0 Å². The lowest BCUT2D eigenvalue weighted by Gasteiger charge is -2.29.